The first-order chi connectivity index (χ1) is 9.12. The van der Waals surface area contributed by atoms with Crippen molar-refractivity contribution in [3.05, 3.63) is 23.8 Å². The van der Waals surface area contributed by atoms with E-state index in [1.165, 1.54) is 4.31 Å². The van der Waals surface area contributed by atoms with Crippen LogP contribution in [-0.2, 0) is 14.8 Å². The number of anilines is 1. The zero-order valence-electron chi connectivity index (χ0n) is 12.4. The van der Waals surface area contributed by atoms with Gasteiger partial charge >= 0.3 is 0 Å². The Bertz CT molecular complexity index is 611. The Balaban J connectivity index is 2.36. The summed E-state index contributed by atoms with van der Waals surface area (Å²) < 4.78 is 32.7. The number of hydrogen-bond acceptors (Lipinski definition) is 4. The number of nitrogens with zero attached hydrogens (tertiary/aromatic N) is 1. The monoisotopic (exact) mass is 298 g/mol. The first kappa shape index (κ1) is 15.3. The van der Waals surface area contributed by atoms with Crippen molar-refractivity contribution < 1.29 is 13.2 Å². The van der Waals surface area contributed by atoms with Crippen LogP contribution in [0.1, 0.15) is 26.3 Å². The highest BCUT2D eigenvalue weighted by molar-refractivity contribution is 7.89. The topological polar surface area (TPSA) is 72.6 Å². The maximum atomic E-state index is 12.7. The van der Waals surface area contributed by atoms with Gasteiger partial charge < -0.3 is 10.5 Å². The second kappa shape index (κ2) is 5.02. The molecule has 6 heteroatoms. The first-order valence-corrected chi connectivity index (χ1v) is 8.10. The van der Waals surface area contributed by atoms with Crippen LogP contribution in [0.3, 0.4) is 0 Å². The molecule has 1 aliphatic rings. The maximum Gasteiger partial charge on any atom is 0.243 e. The number of aryl methyl sites for hydroxylation is 1. The average Bonchev–Trinajstić information content (AvgIpc) is 2.30. The van der Waals surface area contributed by atoms with Crippen molar-refractivity contribution >= 4 is 15.7 Å². The van der Waals surface area contributed by atoms with Crippen molar-refractivity contribution in [2.45, 2.75) is 44.3 Å². The predicted molar refractivity (Wildman–Crippen MR) is 79.0 cm³/mol. The van der Waals surface area contributed by atoms with E-state index in [1.807, 2.05) is 20.8 Å². The van der Waals surface area contributed by atoms with E-state index in [-0.39, 0.29) is 11.0 Å². The fourth-order valence-electron chi connectivity index (χ4n) is 2.54. The number of ether oxygens (including phenoxy) is 1. The summed E-state index contributed by atoms with van der Waals surface area (Å²) in [5.41, 5.74) is 6.64. The Morgan fingerprint density at radius 1 is 1.40 bits per heavy atom. The van der Waals surface area contributed by atoms with E-state index in [2.05, 4.69) is 0 Å². The molecule has 0 bridgehead atoms. The molecule has 1 aliphatic heterocycles. The Morgan fingerprint density at radius 2 is 2.05 bits per heavy atom. The number of benzene rings is 1. The van der Waals surface area contributed by atoms with Crippen LogP contribution in [0.4, 0.5) is 5.69 Å². The van der Waals surface area contributed by atoms with Crippen LogP contribution >= 0.6 is 0 Å². The van der Waals surface area contributed by atoms with Crippen LogP contribution in [0, 0.1) is 6.92 Å². The second-order valence-corrected chi connectivity index (χ2v) is 7.94. The van der Waals surface area contributed by atoms with Gasteiger partial charge in [0, 0.05) is 18.8 Å². The highest BCUT2D eigenvalue weighted by atomic mass is 32.2. The fourth-order valence-corrected chi connectivity index (χ4v) is 4.29. The van der Waals surface area contributed by atoms with E-state index in [9.17, 15) is 8.42 Å². The van der Waals surface area contributed by atoms with Gasteiger partial charge in [0.25, 0.3) is 0 Å². The van der Waals surface area contributed by atoms with E-state index < -0.39 is 15.6 Å². The Kier molecular flexibility index (Phi) is 3.83. The lowest BCUT2D eigenvalue weighted by molar-refractivity contribution is -0.109. The van der Waals surface area contributed by atoms with E-state index in [0.29, 0.717) is 18.8 Å². The molecule has 1 atom stereocenters. The number of hydrogen-bond donors (Lipinski definition) is 1. The minimum atomic E-state index is -3.51. The van der Waals surface area contributed by atoms with Gasteiger partial charge in [-0.05, 0) is 51.5 Å². The van der Waals surface area contributed by atoms with Gasteiger partial charge in [-0.25, -0.2) is 8.42 Å². The Labute approximate surface area is 120 Å². The average molecular weight is 298 g/mol. The van der Waals surface area contributed by atoms with Crippen molar-refractivity contribution in [2.24, 2.45) is 0 Å². The molecule has 1 fully saturated rings. The SMILES string of the molecule is Cc1cc(S(=O)(=O)N2CC(C)OC(C)(C)C2)ccc1N. The summed E-state index contributed by atoms with van der Waals surface area (Å²) in [6, 6.07) is 4.82. The van der Waals surface area contributed by atoms with Crippen LogP contribution in [-0.4, -0.2) is 37.5 Å². The van der Waals surface area contributed by atoms with Crippen LogP contribution in [0.15, 0.2) is 23.1 Å². The lowest BCUT2D eigenvalue weighted by atomic mass is 10.1. The summed E-state index contributed by atoms with van der Waals surface area (Å²) in [5, 5.41) is 0. The molecule has 0 amide bonds. The fraction of sp³-hybridized carbons (Fsp3) is 0.571. The van der Waals surface area contributed by atoms with Crippen LogP contribution in [0.25, 0.3) is 0 Å². The molecule has 0 radical (unpaired) electrons. The van der Waals surface area contributed by atoms with Crippen molar-refractivity contribution in [2.75, 3.05) is 18.8 Å². The summed E-state index contributed by atoms with van der Waals surface area (Å²) in [6.45, 7) is 8.22. The molecule has 2 rings (SSSR count). The minimum absolute atomic E-state index is 0.122. The third-order valence-electron chi connectivity index (χ3n) is 3.42. The van der Waals surface area contributed by atoms with E-state index in [4.69, 9.17) is 10.5 Å². The maximum absolute atomic E-state index is 12.7. The highest BCUT2D eigenvalue weighted by Gasteiger charge is 2.37. The van der Waals surface area contributed by atoms with Gasteiger partial charge in [0.15, 0.2) is 0 Å². The van der Waals surface area contributed by atoms with Crippen molar-refractivity contribution in [1.29, 1.82) is 0 Å². The van der Waals surface area contributed by atoms with Gasteiger partial charge in [-0.3, -0.25) is 0 Å². The quantitative estimate of drug-likeness (QED) is 0.845. The number of nitrogen functional groups attached to an aromatic ring is 1. The van der Waals surface area contributed by atoms with E-state index in [0.717, 1.165) is 5.56 Å². The molecule has 0 aliphatic carbocycles. The largest absolute Gasteiger partial charge is 0.399 e. The molecular weight excluding hydrogens is 276 g/mol. The predicted octanol–water partition coefficient (Wildman–Crippen LogP) is 1.77. The van der Waals surface area contributed by atoms with E-state index >= 15 is 0 Å². The lowest BCUT2D eigenvalue weighted by Crippen LogP contribution is -2.53. The molecular formula is C14H22N2O3S. The standard InChI is InChI=1S/C14H22N2O3S/c1-10-7-12(5-6-13(10)15)20(17,18)16-8-11(2)19-14(3,4)9-16/h5-7,11H,8-9,15H2,1-4H3. The van der Waals surface area contributed by atoms with Gasteiger partial charge in [-0.2, -0.15) is 4.31 Å². The summed E-state index contributed by atoms with van der Waals surface area (Å²) in [6.07, 6.45) is -0.122. The minimum Gasteiger partial charge on any atom is -0.399 e. The summed E-state index contributed by atoms with van der Waals surface area (Å²) in [5.74, 6) is 0. The zero-order chi connectivity index (χ0) is 15.1. The highest BCUT2D eigenvalue weighted by Crippen LogP contribution is 2.27. The van der Waals surface area contributed by atoms with E-state index in [1.54, 1.807) is 25.1 Å². The molecule has 5 nitrogen and oxygen atoms in total. The molecule has 0 spiro atoms. The lowest BCUT2D eigenvalue weighted by Gasteiger charge is -2.40. The number of sulfonamides is 1. The third-order valence-corrected chi connectivity index (χ3v) is 5.22. The molecule has 1 heterocycles. The van der Waals surface area contributed by atoms with Gasteiger partial charge in [0.05, 0.1) is 16.6 Å². The van der Waals surface area contributed by atoms with Gasteiger partial charge in [-0.1, -0.05) is 0 Å². The zero-order valence-corrected chi connectivity index (χ0v) is 13.2. The van der Waals surface area contributed by atoms with Crippen molar-refractivity contribution in [3.8, 4) is 0 Å². The molecule has 1 saturated heterocycles. The first-order valence-electron chi connectivity index (χ1n) is 6.66. The van der Waals surface area contributed by atoms with Crippen LogP contribution < -0.4 is 5.73 Å². The van der Waals surface area contributed by atoms with Gasteiger partial charge in [0.2, 0.25) is 10.0 Å². The normalized spacial score (nSPS) is 23.7. The molecule has 1 aromatic rings. The molecule has 0 aromatic heterocycles. The molecule has 1 aromatic carbocycles. The second-order valence-electron chi connectivity index (χ2n) is 6.00. The van der Waals surface area contributed by atoms with Gasteiger partial charge in [-0.15, -0.1) is 0 Å². The van der Waals surface area contributed by atoms with Crippen molar-refractivity contribution in [3.63, 3.8) is 0 Å². The number of nitrogens with two attached hydrogens (primary N) is 1. The molecule has 0 saturated carbocycles. The molecule has 1 unspecified atom stereocenters. The van der Waals surface area contributed by atoms with Gasteiger partial charge in [0.1, 0.15) is 0 Å². The number of morpholine rings is 1. The smallest absolute Gasteiger partial charge is 0.243 e. The summed E-state index contributed by atoms with van der Waals surface area (Å²) in [7, 11) is -3.51. The molecule has 20 heavy (non-hydrogen) atoms. The van der Waals surface area contributed by atoms with Crippen LogP contribution in [0.5, 0.6) is 0 Å². The Hall–Kier alpha value is -1.11. The molecule has 112 valence electrons. The van der Waals surface area contributed by atoms with Crippen molar-refractivity contribution in [1.82, 2.24) is 4.31 Å². The van der Waals surface area contributed by atoms with Crippen LogP contribution in [0.2, 0.25) is 0 Å². The summed E-state index contributed by atoms with van der Waals surface area (Å²) >= 11 is 0. The molecule has 2 N–H and O–H groups in total. The third kappa shape index (κ3) is 2.97. The summed E-state index contributed by atoms with van der Waals surface area (Å²) in [4.78, 5) is 0.286. The number of rotatable bonds is 2. The Morgan fingerprint density at radius 3 is 2.60 bits per heavy atom.